The molecule has 84 valence electrons. The summed E-state index contributed by atoms with van der Waals surface area (Å²) in [5, 5.41) is 0. The van der Waals surface area contributed by atoms with E-state index in [9.17, 15) is 4.79 Å². The summed E-state index contributed by atoms with van der Waals surface area (Å²) in [7, 11) is 0. The van der Waals surface area contributed by atoms with E-state index in [1.807, 2.05) is 12.1 Å². The van der Waals surface area contributed by atoms with Crippen LogP contribution in [0.5, 0.6) is 0 Å². The van der Waals surface area contributed by atoms with Crippen molar-refractivity contribution < 1.29 is 0 Å². The minimum atomic E-state index is -0.146. The molecular weight excluding hydrogens is 202 g/mol. The third-order valence-electron chi connectivity index (χ3n) is 3.55. The standard InChI is InChI=1S/C12H15N3O/c13-7-12(3-4-12)6-8-1-2-9-10(5-8)15-11(16)14-9/h1-2,5H,3-4,6-7,13H2,(H2,14,15,16). The SMILES string of the molecule is NCC1(Cc2ccc3[nH]c(=O)[nH]c3c2)CC1. The van der Waals surface area contributed by atoms with E-state index >= 15 is 0 Å². The van der Waals surface area contributed by atoms with Crippen molar-refractivity contribution in [2.75, 3.05) is 6.54 Å². The fourth-order valence-corrected chi connectivity index (χ4v) is 2.25. The highest BCUT2D eigenvalue weighted by Crippen LogP contribution is 2.47. The molecule has 2 aromatic rings. The average molecular weight is 217 g/mol. The summed E-state index contributed by atoms with van der Waals surface area (Å²) in [5.41, 5.74) is 8.97. The second-order valence-corrected chi connectivity index (χ2v) is 4.84. The number of benzene rings is 1. The van der Waals surface area contributed by atoms with Crippen LogP contribution >= 0.6 is 0 Å². The first kappa shape index (κ1) is 9.66. The van der Waals surface area contributed by atoms with E-state index in [0.29, 0.717) is 5.41 Å². The van der Waals surface area contributed by atoms with Crippen molar-refractivity contribution in [3.05, 3.63) is 34.2 Å². The van der Waals surface area contributed by atoms with Crippen LogP contribution < -0.4 is 11.4 Å². The summed E-state index contributed by atoms with van der Waals surface area (Å²) in [6.07, 6.45) is 3.48. The van der Waals surface area contributed by atoms with Gasteiger partial charge in [0.05, 0.1) is 11.0 Å². The number of imidazole rings is 1. The Morgan fingerprint density at radius 1 is 1.25 bits per heavy atom. The van der Waals surface area contributed by atoms with Gasteiger partial charge in [-0.3, -0.25) is 0 Å². The number of aromatic nitrogens is 2. The molecule has 1 aliphatic rings. The molecule has 16 heavy (non-hydrogen) atoms. The highest BCUT2D eigenvalue weighted by molar-refractivity contribution is 5.75. The van der Waals surface area contributed by atoms with Gasteiger partial charge >= 0.3 is 5.69 Å². The maximum absolute atomic E-state index is 11.1. The summed E-state index contributed by atoms with van der Waals surface area (Å²) in [5.74, 6) is 0. The number of H-pyrrole nitrogens is 2. The molecule has 1 saturated carbocycles. The van der Waals surface area contributed by atoms with Crippen LogP contribution in [0.15, 0.2) is 23.0 Å². The van der Waals surface area contributed by atoms with Gasteiger partial charge in [-0.2, -0.15) is 0 Å². The molecule has 0 radical (unpaired) electrons. The zero-order valence-electron chi connectivity index (χ0n) is 9.05. The van der Waals surface area contributed by atoms with Crippen LogP contribution in [0.1, 0.15) is 18.4 Å². The molecule has 0 bridgehead atoms. The predicted octanol–water partition coefficient (Wildman–Crippen LogP) is 1.14. The van der Waals surface area contributed by atoms with Crippen molar-refractivity contribution >= 4 is 11.0 Å². The normalized spacial score (nSPS) is 17.8. The molecule has 1 fully saturated rings. The van der Waals surface area contributed by atoms with Gasteiger partial charge in [-0.05, 0) is 48.9 Å². The van der Waals surface area contributed by atoms with Crippen molar-refractivity contribution in [2.24, 2.45) is 11.1 Å². The third kappa shape index (κ3) is 1.55. The highest BCUT2D eigenvalue weighted by atomic mass is 16.1. The van der Waals surface area contributed by atoms with E-state index in [1.54, 1.807) is 0 Å². The van der Waals surface area contributed by atoms with Crippen LogP contribution in [-0.2, 0) is 6.42 Å². The van der Waals surface area contributed by atoms with E-state index in [4.69, 9.17) is 5.73 Å². The van der Waals surface area contributed by atoms with Crippen LogP contribution in [0.2, 0.25) is 0 Å². The molecule has 1 aromatic carbocycles. The van der Waals surface area contributed by atoms with E-state index < -0.39 is 0 Å². The van der Waals surface area contributed by atoms with Crippen LogP contribution in [0.4, 0.5) is 0 Å². The average Bonchev–Trinajstić information content (AvgIpc) is 2.93. The molecule has 1 aliphatic carbocycles. The zero-order valence-corrected chi connectivity index (χ0v) is 9.05. The Labute approximate surface area is 92.9 Å². The number of aromatic amines is 2. The van der Waals surface area contributed by atoms with Crippen LogP contribution in [0.25, 0.3) is 11.0 Å². The third-order valence-corrected chi connectivity index (χ3v) is 3.55. The topological polar surface area (TPSA) is 74.7 Å². The Morgan fingerprint density at radius 3 is 2.69 bits per heavy atom. The summed E-state index contributed by atoms with van der Waals surface area (Å²) >= 11 is 0. The number of hydrogen-bond acceptors (Lipinski definition) is 2. The van der Waals surface area contributed by atoms with E-state index in [1.165, 1.54) is 18.4 Å². The summed E-state index contributed by atoms with van der Waals surface area (Å²) in [6, 6.07) is 6.07. The first-order valence-corrected chi connectivity index (χ1v) is 5.62. The van der Waals surface area contributed by atoms with Gasteiger partial charge < -0.3 is 15.7 Å². The zero-order chi connectivity index (χ0) is 11.2. The minimum Gasteiger partial charge on any atom is -0.330 e. The maximum Gasteiger partial charge on any atom is 0.323 e. The number of rotatable bonds is 3. The highest BCUT2D eigenvalue weighted by Gasteiger charge is 2.40. The van der Waals surface area contributed by atoms with Crippen molar-refractivity contribution in [2.45, 2.75) is 19.3 Å². The van der Waals surface area contributed by atoms with Gasteiger partial charge in [0.1, 0.15) is 0 Å². The van der Waals surface area contributed by atoms with Crippen molar-refractivity contribution in [3.63, 3.8) is 0 Å². The molecule has 0 amide bonds. The second-order valence-electron chi connectivity index (χ2n) is 4.84. The lowest BCUT2D eigenvalue weighted by molar-refractivity contribution is 0.521. The van der Waals surface area contributed by atoms with E-state index in [-0.39, 0.29) is 5.69 Å². The first-order chi connectivity index (χ1) is 7.71. The minimum absolute atomic E-state index is 0.146. The fourth-order valence-electron chi connectivity index (χ4n) is 2.25. The van der Waals surface area contributed by atoms with E-state index in [0.717, 1.165) is 24.0 Å². The molecular formula is C12H15N3O. The Kier molecular flexibility index (Phi) is 1.94. The molecule has 0 spiro atoms. The summed E-state index contributed by atoms with van der Waals surface area (Å²) in [6.45, 7) is 0.759. The Bertz CT molecular complexity index is 577. The van der Waals surface area contributed by atoms with Crippen LogP contribution in [-0.4, -0.2) is 16.5 Å². The number of hydrogen-bond donors (Lipinski definition) is 3. The predicted molar refractivity (Wildman–Crippen MR) is 63.3 cm³/mol. The monoisotopic (exact) mass is 217 g/mol. The summed E-state index contributed by atoms with van der Waals surface area (Å²) in [4.78, 5) is 16.6. The van der Waals surface area contributed by atoms with Gasteiger partial charge in [0.2, 0.25) is 0 Å². The molecule has 1 heterocycles. The molecule has 4 N–H and O–H groups in total. The molecule has 0 unspecified atom stereocenters. The van der Waals surface area contributed by atoms with Gasteiger partial charge in [0.25, 0.3) is 0 Å². The number of nitrogens with one attached hydrogen (secondary N) is 2. The Morgan fingerprint density at radius 2 is 2.00 bits per heavy atom. The number of nitrogens with two attached hydrogens (primary N) is 1. The van der Waals surface area contributed by atoms with Gasteiger partial charge in [-0.15, -0.1) is 0 Å². The van der Waals surface area contributed by atoms with E-state index in [2.05, 4.69) is 16.0 Å². The molecule has 3 rings (SSSR count). The Hall–Kier alpha value is -1.55. The van der Waals surface area contributed by atoms with Gasteiger partial charge in [0.15, 0.2) is 0 Å². The second kappa shape index (κ2) is 3.22. The van der Waals surface area contributed by atoms with Crippen LogP contribution in [0.3, 0.4) is 0 Å². The molecule has 4 heteroatoms. The summed E-state index contributed by atoms with van der Waals surface area (Å²) < 4.78 is 0. The van der Waals surface area contributed by atoms with Crippen molar-refractivity contribution in [3.8, 4) is 0 Å². The van der Waals surface area contributed by atoms with Crippen LogP contribution in [0, 0.1) is 5.41 Å². The largest absolute Gasteiger partial charge is 0.330 e. The van der Waals surface area contributed by atoms with Gasteiger partial charge in [0, 0.05) is 0 Å². The van der Waals surface area contributed by atoms with Crippen molar-refractivity contribution in [1.29, 1.82) is 0 Å². The lowest BCUT2D eigenvalue weighted by atomic mass is 9.96. The lowest BCUT2D eigenvalue weighted by Crippen LogP contribution is -2.17. The first-order valence-electron chi connectivity index (χ1n) is 5.62. The number of fused-ring (bicyclic) bond motifs is 1. The Balaban J connectivity index is 1.95. The molecule has 0 saturated heterocycles. The van der Waals surface area contributed by atoms with Gasteiger partial charge in [-0.1, -0.05) is 6.07 Å². The lowest BCUT2D eigenvalue weighted by Gasteiger charge is -2.11. The quantitative estimate of drug-likeness (QED) is 0.721. The fraction of sp³-hybridized carbons (Fsp3) is 0.417. The van der Waals surface area contributed by atoms with Crippen molar-refractivity contribution in [1.82, 2.24) is 9.97 Å². The molecule has 4 nitrogen and oxygen atoms in total. The molecule has 0 aliphatic heterocycles. The maximum atomic E-state index is 11.1. The smallest absolute Gasteiger partial charge is 0.323 e. The van der Waals surface area contributed by atoms with Gasteiger partial charge in [-0.25, -0.2) is 4.79 Å². The molecule has 0 atom stereocenters. The molecule has 1 aromatic heterocycles.